The summed E-state index contributed by atoms with van der Waals surface area (Å²) in [6, 6.07) is 11.2. The minimum absolute atomic E-state index is 0.304. The number of hydrogen-bond acceptors (Lipinski definition) is 5. The summed E-state index contributed by atoms with van der Waals surface area (Å²) in [4.78, 5) is 18.0. The minimum atomic E-state index is -0.883. The maximum Gasteiger partial charge on any atom is 0.336 e. The van der Waals surface area contributed by atoms with Crippen molar-refractivity contribution in [3.8, 4) is 0 Å². The first-order valence-electron chi connectivity index (χ1n) is 9.09. The standard InChI is InChI=1S/C20H22N4O3/c25-20(26)18-4-2-1-3-16(18)13-23-9-10-27-14-15(12-23)11-17-5-6-19-21-7-8-24(19)22-17/h1-8,15H,9-14H2,(H,25,26)/t15-/m0/s1. The van der Waals surface area contributed by atoms with E-state index in [1.165, 1.54) is 0 Å². The van der Waals surface area contributed by atoms with Crippen molar-refractivity contribution in [1.29, 1.82) is 0 Å². The molecule has 1 aliphatic heterocycles. The largest absolute Gasteiger partial charge is 0.478 e. The van der Waals surface area contributed by atoms with E-state index in [2.05, 4.69) is 15.0 Å². The van der Waals surface area contributed by atoms with E-state index in [1.807, 2.05) is 30.5 Å². The fourth-order valence-electron chi connectivity index (χ4n) is 3.59. The van der Waals surface area contributed by atoms with Crippen LogP contribution in [0.3, 0.4) is 0 Å². The summed E-state index contributed by atoms with van der Waals surface area (Å²) < 4.78 is 7.58. The van der Waals surface area contributed by atoms with Gasteiger partial charge in [0.25, 0.3) is 0 Å². The van der Waals surface area contributed by atoms with Gasteiger partial charge < -0.3 is 9.84 Å². The van der Waals surface area contributed by atoms with Crippen molar-refractivity contribution in [2.75, 3.05) is 26.3 Å². The summed E-state index contributed by atoms with van der Waals surface area (Å²) in [5.41, 5.74) is 3.04. The smallest absolute Gasteiger partial charge is 0.336 e. The van der Waals surface area contributed by atoms with Gasteiger partial charge in [-0.05, 0) is 30.2 Å². The van der Waals surface area contributed by atoms with Crippen LogP contribution in [-0.2, 0) is 17.7 Å². The Hall–Kier alpha value is -2.77. The van der Waals surface area contributed by atoms with E-state index in [1.54, 1.807) is 22.8 Å². The second-order valence-corrected chi connectivity index (χ2v) is 6.90. The summed E-state index contributed by atoms with van der Waals surface area (Å²) in [6.45, 7) is 3.58. The molecule has 4 rings (SSSR count). The highest BCUT2D eigenvalue weighted by atomic mass is 16.5. The van der Waals surface area contributed by atoms with E-state index in [0.29, 0.717) is 31.2 Å². The van der Waals surface area contributed by atoms with Gasteiger partial charge in [0.1, 0.15) is 0 Å². The van der Waals surface area contributed by atoms with Crippen LogP contribution in [0, 0.1) is 5.92 Å². The molecule has 0 bridgehead atoms. The summed E-state index contributed by atoms with van der Waals surface area (Å²) in [5, 5.41) is 14.0. The van der Waals surface area contributed by atoms with Gasteiger partial charge in [-0.15, -0.1) is 0 Å². The Morgan fingerprint density at radius 2 is 2.15 bits per heavy atom. The predicted octanol–water partition coefficient (Wildman–Crippen LogP) is 2.12. The Kier molecular flexibility index (Phi) is 5.13. The second-order valence-electron chi connectivity index (χ2n) is 6.90. The molecule has 1 aliphatic rings. The zero-order valence-electron chi connectivity index (χ0n) is 15.0. The van der Waals surface area contributed by atoms with Crippen LogP contribution in [0.25, 0.3) is 5.65 Å². The molecule has 0 amide bonds. The van der Waals surface area contributed by atoms with Crippen LogP contribution in [0.15, 0.2) is 48.8 Å². The normalized spacial score (nSPS) is 18.4. The van der Waals surface area contributed by atoms with Gasteiger partial charge in [0, 0.05) is 37.9 Å². The first-order valence-corrected chi connectivity index (χ1v) is 9.09. The van der Waals surface area contributed by atoms with Crippen LogP contribution in [0.5, 0.6) is 0 Å². The molecule has 0 spiro atoms. The molecular weight excluding hydrogens is 344 g/mol. The number of aromatic carboxylic acids is 1. The van der Waals surface area contributed by atoms with Gasteiger partial charge in [-0.1, -0.05) is 18.2 Å². The number of carbonyl (C=O) groups is 1. The molecule has 0 aliphatic carbocycles. The molecule has 1 saturated heterocycles. The van der Waals surface area contributed by atoms with Crippen molar-refractivity contribution in [3.63, 3.8) is 0 Å². The maximum atomic E-state index is 11.5. The highest BCUT2D eigenvalue weighted by Gasteiger charge is 2.21. The third kappa shape index (κ3) is 4.15. The SMILES string of the molecule is O=C(O)c1ccccc1CN1CCOC[C@@H](Cc2ccc3nccn3n2)C1. The number of nitrogens with zero attached hydrogens (tertiary/aromatic N) is 4. The van der Waals surface area contributed by atoms with E-state index in [4.69, 9.17) is 4.74 Å². The lowest BCUT2D eigenvalue weighted by molar-refractivity contribution is 0.0694. The quantitative estimate of drug-likeness (QED) is 0.745. The van der Waals surface area contributed by atoms with E-state index >= 15 is 0 Å². The van der Waals surface area contributed by atoms with Gasteiger partial charge in [0.15, 0.2) is 5.65 Å². The lowest BCUT2D eigenvalue weighted by Crippen LogP contribution is -2.31. The van der Waals surface area contributed by atoms with Crippen LogP contribution in [0.2, 0.25) is 0 Å². The highest BCUT2D eigenvalue weighted by Crippen LogP contribution is 2.17. The average Bonchev–Trinajstić information content (AvgIpc) is 3.02. The topological polar surface area (TPSA) is 80.0 Å². The van der Waals surface area contributed by atoms with Crippen molar-refractivity contribution in [2.24, 2.45) is 5.92 Å². The van der Waals surface area contributed by atoms with Crippen molar-refractivity contribution in [3.05, 3.63) is 65.6 Å². The second kappa shape index (κ2) is 7.85. The van der Waals surface area contributed by atoms with Crippen molar-refractivity contribution >= 4 is 11.6 Å². The maximum absolute atomic E-state index is 11.5. The zero-order chi connectivity index (χ0) is 18.6. The number of rotatable bonds is 5. The van der Waals surface area contributed by atoms with Crippen molar-refractivity contribution in [2.45, 2.75) is 13.0 Å². The fourth-order valence-corrected chi connectivity index (χ4v) is 3.59. The number of imidazole rings is 1. The van der Waals surface area contributed by atoms with Gasteiger partial charge in [-0.25, -0.2) is 14.3 Å². The number of fused-ring (bicyclic) bond motifs is 1. The Balaban J connectivity index is 1.46. The first-order chi connectivity index (χ1) is 13.2. The van der Waals surface area contributed by atoms with Gasteiger partial charge in [-0.3, -0.25) is 4.90 Å². The first kappa shape index (κ1) is 17.6. The minimum Gasteiger partial charge on any atom is -0.478 e. The van der Waals surface area contributed by atoms with E-state index in [0.717, 1.165) is 36.4 Å². The number of benzene rings is 1. The number of carboxylic acids is 1. The molecule has 0 saturated carbocycles. The summed E-state index contributed by atoms with van der Waals surface area (Å²) in [7, 11) is 0. The predicted molar refractivity (Wildman–Crippen MR) is 99.7 cm³/mol. The Labute approximate surface area is 157 Å². The average molecular weight is 366 g/mol. The van der Waals surface area contributed by atoms with Gasteiger partial charge in [0.05, 0.1) is 24.5 Å². The summed E-state index contributed by atoms with van der Waals surface area (Å²) in [6.07, 6.45) is 4.39. The third-order valence-electron chi connectivity index (χ3n) is 4.87. The van der Waals surface area contributed by atoms with E-state index < -0.39 is 5.97 Å². The number of carboxylic acid groups (broad SMARTS) is 1. The Morgan fingerprint density at radius 1 is 1.26 bits per heavy atom. The van der Waals surface area contributed by atoms with Crippen LogP contribution >= 0.6 is 0 Å². The molecule has 3 heterocycles. The van der Waals surface area contributed by atoms with Crippen LogP contribution in [-0.4, -0.2) is 56.9 Å². The van der Waals surface area contributed by atoms with E-state index in [-0.39, 0.29) is 0 Å². The molecule has 2 aromatic heterocycles. The lowest BCUT2D eigenvalue weighted by Gasteiger charge is -2.24. The summed E-state index contributed by atoms with van der Waals surface area (Å²) >= 11 is 0. The molecule has 1 fully saturated rings. The van der Waals surface area contributed by atoms with Gasteiger partial charge in [0.2, 0.25) is 0 Å². The molecule has 0 radical (unpaired) electrons. The van der Waals surface area contributed by atoms with Gasteiger partial charge >= 0.3 is 5.97 Å². The van der Waals surface area contributed by atoms with Crippen LogP contribution in [0.1, 0.15) is 21.6 Å². The Bertz CT molecular complexity index is 940. The van der Waals surface area contributed by atoms with Crippen LogP contribution < -0.4 is 0 Å². The third-order valence-corrected chi connectivity index (χ3v) is 4.87. The molecule has 7 heteroatoms. The molecule has 1 atom stereocenters. The highest BCUT2D eigenvalue weighted by molar-refractivity contribution is 5.89. The number of aromatic nitrogens is 3. The lowest BCUT2D eigenvalue weighted by atomic mass is 10.0. The zero-order valence-corrected chi connectivity index (χ0v) is 15.0. The fraction of sp³-hybridized carbons (Fsp3) is 0.350. The van der Waals surface area contributed by atoms with Crippen molar-refractivity contribution < 1.29 is 14.6 Å². The van der Waals surface area contributed by atoms with E-state index in [9.17, 15) is 9.90 Å². The number of hydrogen-bond donors (Lipinski definition) is 1. The molecule has 140 valence electrons. The molecule has 1 aromatic carbocycles. The molecule has 7 nitrogen and oxygen atoms in total. The molecule has 1 N–H and O–H groups in total. The molecule has 3 aromatic rings. The monoisotopic (exact) mass is 366 g/mol. The van der Waals surface area contributed by atoms with Gasteiger partial charge in [-0.2, -0.15) is 5.10 Å². The Morgan fingerprint density at radius 3 is 3.04 bits per heavy atom. The molecule has 0 unspecified atom stereocenters. The molecular formula is C20H22N4O3. The van der Waals surface area contributed by atoms with Crippen molar-refractivity contribution in [1.82, 2.24) is 19.5 Å². The number of ether oxygens (including phenoxy) is 1. The van der Waals surface area contributed by atoms with Crippen LogP contribution in [0.4, 0.5) is 0 Å². The molecule has 27 heavy (non-hydrogen) atoms. The summed E-state index contributed by atoms with van der Waals surface area (Å²) in [5.74, 6) is -0.580.